The fourth-order valence-corrected chi connectivity index (χ4v) is 2.77. The quantitative estimate of drug-likeness (QED) is 0.720. The minimum Gasteiger partial charge on any atom is -0.336 e. The van der Waals surface area contributed by atoms with Crippen molar-refractivity contribution in [3.63, 3.8) is 0 Å². The molecular weight excluding hydrogens is 198 g/mol. The normalized spacial score (nSPS) is 30.9. The van der Waals surface area contributed by atoms with Crippen LogP contribution in [0.25, 0.3) is 0 Å². The van der Waals surface area contributed by atoms with E-state index in [1.807, 2.05) is 13.8 Å². The summed E-state index contributed by atoms with van der Waals surface area (Å²) in [6.07, 6.45) is 4.42. The number of hydrogen-bond donors (Lipinski definition) is 0. The Morgan fingerprint density at radius 2 is 1.94 bits per heavy atom. The Kier molecular flexibility index (Phi) is 4.82. The Morgan fingerprint density at radius 1 is 1.31 bits per heavy atom. The van der Waals surface area contributed by atoms with Gasteiger partial charge in [0, 0.05) is 18.5 Å². The van der Waals surface area contributed by atoms with Crippen molar-refractivity contribution in [2.75, 3.05) is 0 Å². The van der Waals surface area contributed by atoms with E-state index in [1.165, 1.54) is 12.8 Å². The van der Waals surface area contributed by atoms with Gasteiger partial charge in [-0.1, -0.05) is 34.6 Å². The van der Waals surface area contributed by atoms with Gasteiger partial charge < -0.3 is 4.90 Å². The number of amides is 1. The summed E-state index contributed by atoms with van der Waals surface area (Å²) < 4.78 is 0. The average Bonchev–Trinajstić information content (AvgIpc) is 2.91. The second-order valence-corrected chi connectivity index (χ2v) is 5.26. The van der Waals surface area contributed by atoms with Crippen molar-refractivity contribution in [3.05, 3.63) is 0 Å². The minimum atomic E-state index is 0.400. The van der Waals surface area contributed by atoms with Crippen LogP contribution in [0.15, 0.2) is 0 Å². The van der Waals surface area contributed by atoms with Crippen molar-refractivity contribution < 1.29 is 4.79 Å². The van der Waals surface area contributed by atoms with Crippen LogP contribution in [0.1, 0.15) is 60.3 Å². The molecule has 0 aromatic rings. The van der Waals surface area contributed by atoms with Gasteiger partial charge in [-0.25, -0.2) is 0 Å². The molecule has 0 spiro atoms. The summed E-state index contributed by atoms with van der Waals surface area (Å²) in [6, 6.07) is 1.19. The van der Waals surface area contributed by atoms with Crippen LogP contribution in [-0.2, 0) is 4.79 Å². The van der Waals surface area contributed by atoms with Gasteiger partial charge in [-0.2, -0.15) is 0 Å². The Hall–Kier alpha value is -0.530. The molecule has 0 aromatic heterocycles. The number of likely N-dealkylation sites (tertiary alicyclic amines) is 1. The summed E-state index contributed by atoms with van der Waals surface area (Å²) in [5.74, 6) is 1.76. The maximum Gasteiger partial charge on any atom is 0.223 e. The Balaban J connectivity index is 0.000000606. The summed E-state index contributed by atoms with van der Waals surface area (Å²) in [6.45, 7) is 10.4. The van der Waals surface area contributed by atoms with Crippen LogP contribution in [0.3, 0.4) is 0 Å². The van der Waals surface area contributed by atoms with Gasteiger partial charge in [0.25, 0.3) is 0 Å². The van der Waals surface area contributed by atoms with Crippen molar-refractivity contribution in [1.82, 2.24) is 4.90 Å². The molecular formula is C14H27NO. The zero-order valence-corrected chi connectivity index (χ0v) is 11.5. The minimum absolute atomic E-state index is 0.400. The Bertz CT molecular complexity index is 237. The lowest BCUT2D eigenvalue weighted by Crippen LogP contribution is -2.38. The number of rotatable bonds is 3. The molecule has 1 heterocycles. The molecule has 2 fully saturated rings. The lowest BCUT2D eigenvalue weighted by molar-refractivity contribution is -0.133. The monoisotopic (exact) mass is 225 g/mol. The largest absolute Gasteiger partial charge is 0.336 e. The van der Waals surface area contributed by atoms with E-state index < -0.39 is 0 Å². The topological polar surface area (TPSA) is 20.3 Å². The van der Waals surface area contributed by atoms with Gasteiger partial charge in [-0.05, 0) is 31.1 Å². The van der Waals surface area contributed by atoms with Gasteiger partial charge in [-0.3, -0.25) is 4.79 Å². The van der Waals surface area contributed by atoms with E-state index >= 15 is 0 Å². The van der Waals surface area contributed by atoms with Gasteiger partial charge >= 0.3 is 0 Å². The van der Waals surface area contributed by atoms with Gasteiger partial charge in [-0.15, -0.1) is 0 Å². The first-order chi connectivity index (χ1) is 7.63. The molecule has 2 heteroatoms. The van der Waals surface area contributed by atoms with Crippen LogP contribution in [0, 0.1) is 11.8 Å². The summed E-state index contributed by atoms with van der Waals surface area (Å²) in [5.41, 5.74) is 0. The summed E-state index contributed by atoms with van der Waals surface area (Å²) >= 11 is 0. The summed E-state index contributed by atoms with van der Waals surface area (Å²) in [7, 11) is 0. The third kappa shape index (κ3) is 2.78. The van der Waals surface area contributed by atoms with E-state index in [4.69, 9.17) is 0 Å². The predicted octanol–water partition coefficient (Wildman–Crippen LogP) is 3.46. The van der Waals surface area contributed by atoms with Crippen LogP contribution in [0.4, 0.5) is 0 Å². The molecule has 1 aliphatic heterocycles. The molecule has 2 nitrogen and oxygen atoms in total. The van der Waals surface area contributed by atoms with Crippen LogP contribution >= 0.6 is 0 Å². The summed E-state index contributed by atoms with van der Waals surface area (Å²) in [4.78, 5) is 14.2. The molecule has 0 aromatic carbocycles. The van der Waals surface area contributed by atoms with Crippen LogP contribution < -0.4 is 0 Å². The van der Waals surface area contributed by atoms with E-state index in [1.54, 1.807) is 0 Å². The number of carbonyl (C=O) groups is 1. The highest BCUT2D eigenvalue weighted by atomic mass is 16.2. The SMILES string of the molecule is CC.CC[C@@H]1CC2CC2N1C(=O)CC(C)C. The fraction of sp³-hybridized carbons (Fsp3) is 0.929. The molecule has 0 N–H and O–H groups in total. The third-order valence-electron chi connectivity index (χ3n) is 3.55. The molecule has 16 heavy (non-hydrogen) atoms. The van der Waals surface area contributed by atoms with Crippen molar-refractivity contribution in [2.45, 2.75) is 72.4 Å². The van der Waals surface area contributed by atoms with E-state index in [0.29, 0.717) is 23.9 Å². The molecule has 3 atom stereocenters. The fourth-order valence-electron chi connectivity index (χ4n) is 2.77. The van der Waals surface area contributed by atoms with Crippen molar-refractivity contribution in [1.29, 1.82) is 0 Å². The lowest BCUT2D eigenvalue weighted by atomic mass is 10.1. The molecule has 1 aliphatic carbocycles. The Labute approximate surface area is 100 Å². The van der Waals surface area contributed by atoms with E-state index in [0.717, 1.165) is 18.8 Å². The van der Waals surface area contributed by atoms with E-state index in [9.17, 15) is 4.79 Å². The number of fused-ring (bicyclic) bond motifs is 1. The van der Waals surface area contributed by atoms with Gasteiger partial charge in [0.2, 0.25) is 5.91 Å². The van der Waals surface area contributed by atoms with Crippen molar-refractivity contribution >= 4 is 5.91 Å². The highest BCUT2D eigenvalue weighted by Gasteiger charge is 2.52. The zero-order chi connectivity index (χ0) is 12.3. The van der Waals surface area contributed by atoms with Crippen LogP contribution in [-0.4, -0.2) is 22.9 Å². The highest BCUT2D eigenvalue weighted by Crippen LogP contribution is 2.48. The standard InChI is InChI=1S/C12H21NO.C2H6/c1-4-10-6-9-7-11(9)13(10)12(14)5-8(2)3;1-2/h8-11H,4-7H2,1-3H3;1-2H3/t9?,10-,11?;/m1./s1. The molecule has 2 unspecified atom stereocenters. The van der Waals surface area contributed by atoms with Crippen molar-refractivity contribution in [3.8, 4) is 0 Å². The Morgan fingerprint density at radius 3 is 2.44 bits per heavy atom. The lowest BCUT2D eigenvalue weighted by Gasteiger charge is -2.27. The first-order valence-corrected chi connectivity index (χ1v) is 6.94. The number of hydrogen-bond acceptors (Lipinski definition) is 1. The predicted molar refractivity (Wildman–Crippen MR) is 68.2 cm³/mol. The maximum atomic E-state index is 12.0. The van der Waals surface area contributed by atoms with Gasteiger partial charge in [0.15, 0.2) is 0 Å². The zero-order valence-electron chi connectivity index (χ0n) is 11.5. The van der Waals surface area contributed by atoms with Gasteiger partial charge in [0.1, 0.15) is 0 Å². The smallest absolute Gasteiger partial charge is 0.223 e. The average molecular weight is 225 g/mol. The molecule has 0 radical (unpaired) electrons. The maximum absolute atomic E-state index is 12.0. The second-order valence-electron chi connectivity index (χ2n) is 5.26. The number of nitrogens with zero attached hydrogens (tertiary/aromatic N) is 1. The second kappa shape index (κ2) is 5.70. The summed E-state index contributed by atoms with van der Waals surface area (Å²) in [5, 5.41) is 0. The number of piperidine rings is 1. The molecule has 1 saturated carbocycles. The first-order valence-electron chi connectivity index (χ1n) is 6.94. The molecule has 2 rings (SSSR count). The highest BCUT2D eigenvalue weighted by molar-refractivity contribution is 5.78. The molecule has 1 amide bonds. The molecule has 0 bridgehead atoms. The van der Waals surface area contributed by atoms with E-state index in [-0.39, 0.29) is 0 Å². The molecule has 1 saturated heterocycles. The van der Waals surface area contributed by atoms with Crippen LogP contribution in [0.2, 0.25) is 0 Å². The molecule has 2 aliphatic rings. The third-order valence-corrected chi connectivity index (χ3v) is 3.55. The van der Waals surface area contributed by atoms with Crippen LogP contribution in [0.5, 0.6) is 0 Å². The van der Waals surface area contributed by atoms with Crippen molar-refractivity contribution in [2.24, 2.45) is 11.8 Å². The number of carbonyl (C=O) groups excluding carboxylic acids is 1. The molecule has 94 valence electrons. The van der Waals surface area contributed by atoms with E-state index in [2.05, 4.69) is 25.7 Å². The van der Waals surface area contributed by atoms with Gasteiger partial charge in [0.05, 0.1) is 0 Å². The first kappa shape index (κ1) is 13.5.